The highest BCUT2D eigenvalue weighted by atomic mass is 32.2. The van der Waals surface area contributed by atoms with E-state index in [-0.39, 0.29) is 5.56 Å². The van der Waals surface area contributed by atoms with Crippen molar-refractivity contribution in [3.8, 4) is 11.4 Å². The molecule has 0 amide bonds. The molecule has 0 saturated carbocycles. The Morgan fingerprint density at radius 1 is 1.18 bits per heavy atom. The van der Waals surface area contributed by atoms with E-state index >= 15 is 0 Å². The molecule has 0 radical (unpaired) electrons. The fourth-order valence-corrected chi connectivity index (χ4v) is 5.32. The first-order valence-electron chi connectivity index (χ1n) is 11.0. The zero-order valence-electron chi connectivity index (χ0n) is 18.4. The highest BCUT2D eigenvalue weighted by Crippen LogP contribution is 2.37. The van der Waals surface area contributed by atoms with Crippen molar-refractivity contribution in [1.29, 1.82) is 0 Å². The van der Waals surface area contributed by atoms with Crippen LogP contribution in [0.4, 0.5) is 19.0 Å². The Balaban J connectivity index is 1.69. The van der Waals surface area contributed by atoms with Gasteiger partial charge in [0.15, 0.2) is 5.49 Å². The van der Waals surface area contributed by atoms with Gasteiger partial charge in [-0.25, -0.2) is 23.1 Å². The maximum absolute atomic E-state index is 14.8. The summed E-state index contributed by atoms with van der Waals surface area (Å²) in [5, 5.41) is 3.49. The lowest BCUT2D eigenvalue weighted by molar-refractivity contribution is 0.146. The van der Waals surface area contributed by atoms with Crippen LogP contribution in [-0.2, 0) is 6.54 Å². The molecule has 5 rings (SSSR count). The number of anilines is 1. The number of rotatable bonds is 4. The number of fused-ring (bicyclic) bond motifs is 3. The second kappa shape index (κ2) is 8.85. The highest BCUT2D eigenvalue weighted by molar-refractivity contribution is 7.99. The van der Waals surface area contributed by atoms with E-state index in [0.29, 0.717) is 11.3 Å². The van der Waals surface area contributed by atoms with Crippen LogP contribution in [0.3, 0.4) is 0 Å². The number of pyridine rings is 1. The molecule has 4 aliphatic heterocycles. The van der Waals surface area contributed by atoms with Crippen LogP contribution in [0.25, 0.3) is 17.0 Å². The number of allylic oxidation sites excluding steroid dienone is 1. The van der Waals surface area contributed by atoms with E-state index in [2.05, 4.69) is 32.0 Å². The van der Waals surface area contributed by atoms with Crippen molar-refractivity contribution in [3.05, 3.63) is 64.2 Å². The number of alkyl halides is 2. The van der Waals surface area contributed by atoms with Crippen molar-refractivity contribution in [2.24, 2.45) is 4.99 Å². The summed E-state index contributed by atoms with van der Waals surface area (Å²) in [5.41, 5.74) is 3.13. The van der Waals surface area contributed by atoms with E-state index in [4.69, 9.17) is 4.99 Å². The standard InChI is InChI=1S/C24H24F3N5S/c1-13(16-4-3-5-17(20(16)25)21(26)27)29-22-19-12-18(15-6-10-33-11-7-15)23-28-8-9-32(23)24(19)31-14(2)30-22/h3-6,12-13,21,28H,7-11H2,1-2H3. The summed E-state index contributed by atoms with van der Waals surface area (Å²) in [6, 6.07) is 5.42. The Kier molecular flexibility index (Phi) is 5.90. The van der Waals surface area contributed by atoms with E-state index in [1.54, 1.807) is 13.8 Å². The van der Waals surface area contributed by atoms with Crippen molar-refractivity contribution in [3.63, 3.8) is 0 Å². The number of halogens is 3. The lowest BCUT2D eigenvalue weighted by Gasteiger charge is -2.21. The van der Waals surface area contributed by atoms with E-state index in [1.807, 2.05) is 11.8 Å². The lowest BCUT2D eigenvalue weighted by atomic mass is 10.0. The number of benzene rings is 1. The number of nitrogens with one attached hydrogen (secondary N) is 1. The maximum Gasteiger partial charge on any atom is 0.266 e. The molecule has 9 heteroatoms. The minimum Gasteiger partial charge on any atom is -0.369 e. The smallest absolute Gasteiger partial charge is 0.266 e. The summed E-state index contributed by atoms with van der Waals surface area (Å²) >= 11 is 1.91. The molecule has 0 bridgehead atoms. The molecule has 0 aromatic heterocycles. The van der Waals surface area contributed by atoms with Gasteiger partial charge in [0.1, 0.15) is 23.3 Å². The third-order valence-corrected chi connectivity index (χ3v) is 6.98. The summed E-state index contributed by atoms with van der Waals surface area (Å²) < 4.78 is 43.3. The molecule has 172 valence electrons. The monoisotopic (exact) mass is 471 g/mol. The average molecular weight is 472 g/mol. The van der Waals surface area contributed by atoms with E-state index in [9.17, 15) is 13.2 Å². The van der Waals surface area contributed by atoms with Gasteiger partial charge < -0.3 is 9.88 Å². The molecular formula is C24H24F3N5S. The van der Waals surface area contributed by atoms with Gasteiger partial charge in [0.05, 0.1) is 17.2 Å². The Morgan fingerprint density at radius 3 is 2.76 bits per heavy atom. The van der Waals surface area contributed by atoms with Crippen LogP contribution in [0.15, 0.2) is 35.3 Å². The summed E-state index contributed by atoms with van der Waals surface area (Å²) in [6.07, 6.45) is 0.359. The molecule has 4 heterocycles. The molecule has 33 heavy (non-hydrogen) atoms. The van der Waals surface area contributed by atoms with Gasteiger partial charge in [0.2, 0.25) is 0 Å². The molecule has 1 N–H and O–H groups in total. The Hall–Kier alpha value is -2.81. The van der Waals surface area contributed by atoms with Crippen LogP contribution in [0.2, 0.25) is 0 Å². The first-order valence-corrected chi connectivity index (χ1v) is 12.1. The molecule has 1 aromatic rings. The van der Waals surface area contributed by atoms with Crippen molar-refractivity contribution < 1.29 is 13.2 Å². The lowest BCUT2D eigenvalue weighted by Crippen LogP contribution is -2.21. The number of aromatic nitrogens is 3. The first kappa shape index (κ1) is 22.0. The van der Waals surface area contributed by atoms with Gasteiger partial charge in [-0.1, -0.05) is 24.3 Å². The molecule has 1 atom stereocenters. The second-order valence-electron chi connectivity index (χ2n) is 8.23. The predicted molar refractivity (Wildman–Crippen MR) is 125 cm³/mol. The van der Waals surface area contributed by atoms with Crippen LogP contribution in [0, 0.1) is 12.7 Å². The third kappa shape index (κ3) is 4.03. The molecular weight excluding hydrogens is 447 g/mol. The fourth-order valence-electron chi connectivity index (χ4n) is 4.47. The second-order valence-corrected chi connectivity index (χ2v) is 9.38. The van der Waals surface area contributed by atoms with Gasteiger partial charge in [-0.15, -0.1) is 0 Å². The van der Waals surface area contributed by atoms with E-state index in [0.717, 1.165) is 59.9 Å². The quantitative estimate of drug-likeness (QED) is 0.556. The number of aryl methyl sites for hydroxylation is 1. The topological polar surface area (TPSA) is 55.1 Å². The minimum atomic E-state index is -2.88. The van der Waals surface area contributed by atoms with Crippen LogP contribution >= 0.6 is 11.8 Å². The molecule has 4 aliphatic rings. The molecule has 0 aliphatic carbocycles. The first-order chi connectivity index (χ1) is 15.9. The van der Waals surface area contributed by atoms with Crippen molar-refractivity contribution >= 4 is 23.2 Å². The van der Waals surface area contributed by atoms with Gasteiger partial charge >= 0.3 is 0 Å². The van der Waals surface area contributed by atoms with Crippen molar-refractivity contribution in [2.75, 3.05) is 23.4 Å². The van der Waals surface area contributed by atoms with E-state index in [1.165, 1.54) is 17.7 Å². The zero-order chi connectivity index (χ0) is 23.1. The third-order valence-electron chi connectivity index (χ3n) is 6.08. The molecule has 1 unspecified atom stereocenters. The van der Waals surface area contributed by atoms with Gasteiger partial charge in [-0.05, 0) is 37.7 Å². The number of nitrogens with zero attached hydrogens (tertiary/aromatic N) is 4. The summed E-state index contributed by atoms with van der Waals surface area (Å²) in [4.78, 5) is 13.9. The van der Waals surface area contributed by atoms with E-state index < -0.39 is 23.8 Å². The van der Waals surface area contributed by atoms with Gasteiger partial charge in [0.25, 0.3) is 6.43 Å². The van der Waals surface area contributed by atoms with Crippen LogP contribution in [0.1, 0.15) is 48.3 Å². The number of hydrogen-bond donors (Lipinski definition) is 1. The minimum absolute atomic E-state index is 0.125. The fraction of sp³-hybridized carbons (Fsp3) is 0.375. The zero-order valence-corrected chi connectivity index (χ0v) is 19.2. The van der Waals surface area contributed by atoms with Crippen molar-refractivity contribution in [1.82, 2.24) is 14.5 Å². The summed E-state index contributed by atoms with van der Waals surface area (Å²) in [6.45, 7) is 5.08. The predicted octanol–water partition coefficient (Wildman–Crippen LogP) is 5.38. The van der Waals surface area contributed by atoms with Gasteiger partial charge in [0, 0.05) is 30.0 Å². The van der Waals surface area contributed by atoms with Crippen LogP contribution < -0.4 is 10.8 Å². The maximum atomic E-state index is 14.8. The van der Waals surface area contributed by atoms with Crippen molar-refractivity contribution in [2.45, 2.75) is 39.3 Å². The molecule has 5 nitrogen and oxygen atoms in total. The molecule has 0 saturated heterocycles. The normalized spacial score (nSPS) is 17.3. The summed E-state index contributed by atoms with van der Waals surface area (Å²) in [7, 11) is 0. The summed E-state index contributed by atoms with van der Waals surface area (Å²) in [5.74, 6) is 3.51. The highest BCUT2D eigenvalue weighted by Gasteiger charge is 2.25. The molecule has 1 aromatic carbocycles. The Bertz CT molecular complexity index is 1280. The molecule has 0 fully saturated rings. The Morgan fingerprint density at radius 2 is 2.00 bits per heavy atom. The molecule has 0 spiro atoms. The SMILES string of the molecule is Cc1nc2n3c(c(C4=CCSCC4)cc-2c(=NC(C)c2cccc(C(F)F)c2F)n1)NCC3. The Labute approximate surface area is 194 Å². The largest absolute Gasteiger partial charge is 0.369 e. The van der Waals surface area contributed by atoms with Gasteiger partial charge in [-0.2, -0.15) is 11.8 Å². The average Bonchev–Trinajstić information content (AvgIpc) is 3.29. The van der Waals surface area contributed by atoms with Crippen LogP contribution in [-0.4, -0.2) is 32.6 Å². The number of thioether (sulfide) groups is 1. The van der Waals surface area contributed by atoms with Crippen LogP contribution in [0.5, 0.6) is 0 Å². The number of hydrogen-bond acceptors (Lipinski definition) is 5. The van der Waals surface area contributed by atoms with Gasteiger partial charge in [-0.3, -0.25) is 4.99 Å².